The van der Waals surface area contributed by atoms with Crippen LogP contribution in [0.5, 0.6) is 0 Å². The third kappa shape index (κ3) is 2.70. The number of nitrogens with zero attached hydrogens (tertiary/aromatic N) is 3. The van der Waals surface area contributed by atoms with Gasteiger partial charge in [0.1, 0.15) is 5.54 Å². The van der Waals surface area contributed by atoms with Gasteiger partial charge in [0, 0.05) is 24.2 Å². The summed E-state index contributed by atoms with van der Waals surface area (Å²) in [5.74, 6) is -0.441. The van der Waals surface area contributed by atoms with E-state index < -0.39 is 5.54 Å². The van der Waals surface area contributed by atoms with Gasteiger partial charge in [-0.15, -0.1) is 0 Å². The van der Waals surface area contributed by atoms with Crippen molar-refractivity contribution >= 4 is 23.5 Å². The second kappa shape index (κ2) is 6.19. The smallest absolute Gasteiger partial charge is 0.332 e. The first kappa shape index (κ1) is 16.1. The average Bonchev–Trinajstić information content (AvgIpc) is 3.32. The molecule has 7 heteroatoms. The molecule has 0 N–H and O–H groups in total. The molecule has 1 atom stereocenters. The fourth-order valence-electron chi connectivity index (χ4n) is 3.71. The van der Waals surface area contributed by atoms with Crippen LogP contribution in [0.2, 0.25) is 5.02 Å². The number of ether oxygens (including phenoxy) is 1. The molecule has 0 radical (unpaired) electrons. The molecule has 0 bridgehead atoms. The molecule has 1 aromatic heterocycles. The van der Waals surface area contributed by atoms with Crippen LogP contribution in [0.4, 0.5) is 0 Å². The normalized spacial score (nSPS) is 22.6. The van der Waals surface area contributed by atoms with Crippen molar-refractivity contribution in [1.82, 2.24) is 14.7 Å². The second-order valence-electron chi connectivity index (χ2n) is 6.50. The highest BCUT2D eigenvalue weighted by Gasteiger charge is 2.54. The van der Waals surface area contributed by atoms with Crippen molar-refractivity contribution < 1.29 is 14.3 Å². The summed E-state index contributed by atoms with van der Waals surface area (Å²) in [6.45, 7) is 1.44. The molecule has 130 valence electrons. The standard InChI is InChI=1S/C18H18ClN3O3/c19-15-5-2-1-4-13(15)11-21-12-14(10-20-21)16(23)22-8-3-6-18(22)7-9-25-17(18)24/h1-2,4-5,10,12H,3,6-9,11H2. The SMILES string of the molecule is O=C(c1cnn(Cc2ccccc2Cl)c1)N1CCCC12CCOC2=O. The number of hydrogen-bond acceptors (Lipinski definition) is 4. The molecule has 4 rings (SSSR count). The van der Waals surface area contributed by atoms with Gasteiger partial charge in [0.25, 0.3) is 5.91 Å². The van der Waals surface area contributed by atoms with Gasteiger partial charge in [-0.2, -0.15) is 5.10 Å². The van der Waals surface area contributed by atoms with Gasteiger partial charge < -0.3 is 9.64 Å². The highest BCUT2D eigenvalue weighted by atomic mass is 35.5. The number of benzene rings is 1. The van der Waals surface area contributed by atoms with Gasteiger partial charge in [0.15, 0.2) is 0 Å². The minimum atomic E-state index is -0.776. The van der Waals surface area contributed by atoms with Crippen molar-refractivity contribution in [3.05, 3.63) is 52.8 Å². The van der Waals surface area contributed by atoms with Crippen LogP contribution < -0.4 is 0 Å². The van der Waals surface area contributed by atoms with E-state index in [9.17, 15) is 9.59 Å². The Morgan fingerprint density at radius 1 is 1.32 bits per heavy atom. The molecule has 1 aromatic carbocycles. The number of hydrogen-bond donors (Lipinski definition) is 0. The Bertz CT molecular complexity index is 830. The van der Waals surface area contributed by atoms with Crippen molar-refractivity contribution in [2.75, 3.05) is 13.2 Å². The van der Waals surface area contributed by atoms with E-state index in [0.29, 0.717) is 43.1 Å². The van der Waals surface area contributed by atoms with Crippen LogP contribution >= 0.6 is 11.6 Å². The quantitative estimate of drug-likeness (QED) is 0.790. The molecule has 2 aliphatic rings. The number of aromatic nitrogens is 2. The molecule has 0 aliphatic carbocycles. The third-order valence-electron chi connectivity index (χ3n) is 5.03. The number of rotatable bonds is 3. The van der Waals surface area contributed by atoms with E-state index in [2.05, 4.69) is 5.10 Å². The maximum atomic E-state index is 12.9. The van der Waals surface area contributed by atoms with Crippen LogP contribution in [-0.4, -0.2) is 45.2 Å². The highest BCUT2D eigenvalue weighted by molar-refractivity contribution is 6.31. The zero-order valence-corrected chi connectivity index (χ0v) is 14.4. The van der Waals surface area contributed by atoms with Gasteiger partial charge >= 0.3 is 5.97 Å². The molecule has 1 amide bonds. The summed E-state index contributed by atoms with van der Waals surface area (Å²) in [6.07, 6.45) is 5.31. The molecule has 3 heterocycles. The topological polar surface area (TPSA) is 64.4 Å². The zero-order chi connectivity index (χ0) is 17.4. The molecule has 2 fully saturated rings. The fourth-order valence-corrected chi connectivity index (χ4v) is 3.91. The Morgan fingerprint density at radius 3 is 2.92 bits per heavy atom. The number of cyclic esters (lactones) is 1. The van der Waals surface area contributed by atoms with Crippen LogP contribution in [0, 0.1) is 0 Å². The lowest BCUT2D eigenvalue weighted by Crippen LogP contribution is -2.50. The summed E-state index contributed by atoms with van der Waals surface area (Å²) in [7, 11) is 0. The molecule has 0 saturated carbocycles. The average molecular weight is 360 g/mol. The van der Waals surface area contributed by atoms with Crippen molar-refractivity contribution in [2.45, 2.75) is 31.3 Å². The second-order valence-corrected chi connectivity index (χ2v) is 6.90. The summed E-state index contributed by atoms with van der Waals surface area (Å²) in [4.78, 5) is 26.8. The number of likely N-dealkylation sites (tertiary alicyclic amines) is 1. The predicted octanol–water partition coefficient (Wildman–Crippen LogP) is 2.51. The Hall–Kier alpha value is -2.34. The van der Waals surface area contributed by atoms with Crippen molar-refractivity contribution in [3.8, 4) is 0 Å². The molecular weight excluding hydrogens is 342 g/mol. The molecule has 2 aliphatic heterocycles. The van der Waals surface area contributed by atoms with E-state index >= 15 is 0 Å². The van der Waals surface area contributed by atoms with Crippen molar-refractivity contribution in [3.63, 3.8) is 0 Å². The first-order valence-electron chi connectivity index (χ1n) is 8.35. The van der Waals surface area contributed by atoms with E-state index in [1.54, 1.807) is 22.0 Å². The van der Waals surface area contributed by atoms with Crippen molar-refractivity contribution in [1.29, 1.82) is 0 Å². The largest absolute Gasteiger partial charge is 0.464 e. The summed E-state index contributed by atoms with van der Waals surface area (Å²) in [5, 5.41) is 4.94. The maximum Gasteiger partial charge on any atom is 0.332 e. The highest BCUT2D eigenvalue weighted by Crippen LogP contribution is 2.38. The van der Waals surface area contributed by atoms with E-state index in [1.165, 1.54) is 0 Å². The Balaban J connectivity index is 1.55. The van der Waals surface area contributed by atoms with Gasteiger partial charge in [-0.1, -0.05) is 29.8 Å². The van der Waals surface area contributed by atoms with Gasteiger partial charge in [0.05, 0.1) is 24.9 Å². The lowest BCUT2D eigenvalue weighted by molar-refractivity contribution is -0.145. The molecule has 25 heavy (non-hydrogen) atoms. The Kier molecular flexibility index (Phi) is 4.00. The van der Waals surface area contributed by atoms with Crippen molar-refractivity contribution in [2.24, 2.45) is 0 Å². The van der Waals surface area contributed by atoms with Crippen LogP contribution in [0.15, 0.2) is 36.7 Å². The lowest BCUT2D eigenvalue weighted by atomic mass is 9.94. The molecule has 2 saturated heterocycles. The lowest BCUT2D eigenvalue weighted by Gasteiger charge is -2.30. The molecule has 1 unspecified atom stereocenters. The van der Waals surface area contributed by atoms with Gasteiger partial charge in [-0.25, -0.2) is 4.79 Å². The maximum absolute atomic E-state index is 12.9. The molecule has 1 spiro atoms. The van der Waals surface area contributed by atoms with E-state index in [1.807, 2.05) is 24.3 Å². The van der Waals surface area contributed by atoms with Crippen LogP contribution in [0.25, 0.3) is 0 Å². The summed E-state index contributed by atoms with van der Waals surface area (Å²) >= 11 is 6.18. The predicted molar refractivity (Wildman–Crippen MR) is 91.4 cm³/mol. The molecule has 2 aromatic rings. The van der Waals surface area contributed by atoms with Crippen LogP contribution in [0.3, 0.4) is 0 Å². The molecule has 6 nitrogen and oxygen atoms in total. The van der Waals surface area contributed by atoms with Crippen LogP contribution in [0.1, 0.15) is 35.2 Å². The minimum absolute atomic E-state index is 0.165. The van der Waals surface area contributed by atoms with Crippen LogP contribution in [-0.2, 0) is 16.1 Å². The Morgan fingerprint density at radius 2 is 2.16 bits per heavy atom. The van der Waals surface area contributed by atoms with E-state index in [4.69, 9.17) is 16.3 Å². The van der Waals surface area contributed by atoms with Gasteiger partial charge in [0.2, 0.25) is 0 Å². The molecular formula is C18H18ClN3O3. The monoisotopic (exact) mass is 359 g/mol. The Labute approximate surface area is 150 Å². The summed E-state index contributed by atoms with van der Waals surface area (Å²) < 4.78 is 6.82. The number of halogens is 1. The van der Waals surface area contributed by atoms with E-state index in [0.717, 1.165) is 12.0 Å². The number of carbonyl (C=O) groups is 2. The van der Waals surface area contributed by atoms with Gasteiger partial charge in [-0.3, -0.25) is 9.48 Å². The fraction of sp³-hybridized carbons (Fsp3) is 0.389. The third-order valence-corrected chi connectivity index (χ3v) is 5.40. The van der Waals surface area contributed by atoms with E-state index in [-0.39, 0.29) is 11.9 Å². The number of amides is 1. The first-order chi connectivity index (χ1) is 12.1. The summed E-state index contributed by atoms with van der Waals surface area (Å²) in [6, 6.07) is 7.54. The zero-order valence-electron chi connectivity index (χ0n) is 13.7. The minimum Gasteiger partial charge on any atom is -0.464 e. The number of carbonyl (C=O) groups excluding carboxylic acids is 2. The number of esters is 1. The van der Waals surface area contributed by atoms with Gasteiger partial charge in [-0.05, 0) is 24.5 Å². The summed E-state index contributed by atoms with van der Waals surface area (Å²) in [5.41, 5.74) is 0.637. The first-order valence-corrected chi connectivity index (χ1v) is 8.73.